The molecule has 0 heterocycles. The van der Waals surface area contributed by atoms with Gasteiger partial charge in [-0.15, -0.1) is 0 Å². The molecule has 0 unspecified atom stereocenters. The van der Waals surface area contributed by atoms with Gasteiger partial charge in [0, 0.05) is 0 Å². The molecule has 0 aromatic heterocycles. The molecule has 0 aliphatic carbocycles. The van der Waals surface area contributed by atoms with Gasteiger partial charge in [0.1, 0.15) is 0 Å². The van der Waals surface area contributed by atoms with Gasteiger partial charge in [0.15, 0.2) is 5.78 Å². The fourth-order valence-electron chi connectivity index (χ4n) is 0.856. The van der Waals surface area contributed by atoms with Crippen LogP contribution in [0, 0.1) is 0 Å². The fourth-order valence-corrected chi connectivity index (χ4v) is 0.856. The second kappa shape index (κ2) is 5.21. The quantitative estimate of drug-likeness (QED) is 0.549. The summed E-state index contributed by atoms with van der Waals surface area (Å²) in [5, 5.41) is 0. The minimum atomic E-state index is 0.218. The van der Waals surface area contributed by atoms with E-state index in [2.05, 4.69) is 6.92 Å². The van der Waals surface area contributed by atoms with E-state index in [-0.39, 0.29) is 5.78 Å². The summed E-state index contributed by atoms with van der Waals surface area (Å²) in [6.45, 7) is 5.76. The van der Waals surface area contributed by atoms with Gasteiger partial charge in [0.05, 0.1) is 0 Å². The van der Waals surface area contributed by atoms with Gasteiger partial charge >= 0.3 is 0 Å². The predicted molar refractivity (Wildman–Crippen MR) is 44.0 cm³/mol. The Hall–Kier alpha value is -0.590. The van der Waals surface area contributed by atoms with Gasteiger partial charge in [-0.3, -0.25) is 4.79 Å². The first-order valence-corrected chi connectivity index (χ1v) is 3.92. The lowest BCUT2D eigenvalue weighted by Gasteiger charge is -1.96. The molecule has 0 rings (SSSR count). The van der Waals surface area contributed by atoms with Crippen molar-refractivity contribution >= 4 is 5.78 Å². The molecule has 1 heteroatoms. The number of unbranched alkanes of at least 4 members (excludes halogenated alkanes) is 1. The summed E-state index contributed by atoms with van der Waals surface area (Å²) < 4.78 is 0. The Morgan fingerprint density at radius 2 is 2.00 bits per heavy atom. The molecule has 0 aromatic carbocycles. The molecule has 1 nitrogen and oxygen atoms in total. The highest BCUT2D eigenvalue weighted by Crippen LogP contribution is 2.04. The molecular formula is C9H16O. The Labute approximate surface area is 63.1 Å². The first-order valence-electron chi connectivity index (χ1n) is 3.92. The molecule has 0 atom stereocenters. The highest BCUT2D eigenvalue weighted by atomic mass is 16.1. The van der Waals surface area contributed by atoms with Gasteiger partial charge in [0.25, 0.3) is 0 Å². The Morgan fingerprint density at radius 3 is 2.30 bits per heavy atom. The van der Waals surface area contributed by atoms with Crippen LogP contribution >= 0.6 is 0 Å². The van der Waals surface area contributed by atoms with Crippen LogP contribution in [0.1, 0.15) is 40.0 Å². The summed E-state index contributed by atoms with van der Waals surface area (Å²) in [6.07, 6.45) is 5.07. The van der Waals surface area contributed by atoms with Crippen LogP contribution in [-0.2, 0) is 4.79 Å². The summed E-state index contributed by atoms with van der Waals surface area (Å²) >= 11 is 0. The number of ketones is 1. The molecular weight excluding hydrogens is 124 g/mol. The second-order valence-corrected chi connectivity index (χ2v) is 2.43. The lowest BCUT2D eigenvalue weighted by atomic mass is 10.1. The van der Waals surface area contributed by atoms with Crippen LogP contribution in [0.2, 0.25) is 0 Å². The van der Waals surface area contributed by atoms with Crippen molar-refractivity contribution in [1.82, 2.24) is 0 Å². The summed E-state index contributed by atoms with van der Waals surface area (Å²) in [7, 11) is 0. The van der Waals surface area contributed by atoms with E-state index in [1.54, 1.807) is 6.92 Å². The third kappa shape index (κ3) is 3.44. The van der Waals surface area contributed by atoms with Crippen molar-refractivity contribution in [3.05, 3.63) is 11.6 Å². The SMILES string of the molecule is CCC/C=C(\CC)C(C)=O. The van der Waals surface area contributed by atoms with Crippen LogP contribution in [0.5, 0.6) is 0 Å². The minimum absolute atomic E-state index is 0.218. The molecule has 0 aliphatic heterocycles. The monoisotopic (exact) mass is 140 g/mol. The molecule has 10 heavy (non-hydrogen) atoms. The van der Waals surface area contributed by atoms with Crippen molar-refractivity contribution in [3.63, 3.8) is 0 Å². The van der Waals surface area contributed by atoms with Gasteiger partial charge in [-0.25, -0.2) is 0 Å². The van der Waals surface area contributed by atoms with Gasteiger partial charge < -0.3 is 0 Å². The van der Waals surface area contributed by atoms with Crippen molar-refractivity contribution in [3.8, 4) is 0 Å². The first-order chi connectivity index (χ1) is 4.72. The van der Waals surface area contributed by atoms with Gasteiger partial charge in [-0.05, 0) is 25.3 Å². The first kappa shape index (κ1) is 9.41. The third-order valence-electron chi connectivity index (χ3n) is 1.51. The maximum absolute atomic E-state index is 10.8. The largest absolute Gasteiger partial charge is 0.295 e. The molecule has 0 radical (unpaired) electrons. The molecule has 0 bridgehead atoms. The third-order valence-corrected chi connectivity index (χ3v) is 1.51. The maximum atomic E-state index is 10.8. The van der Waals surface area contributed by atoms with Gasteiger partial charge in [0.2, 0.25) is 0 Å². The molecule has 0 N–H and O–H groups in total. The Kier molecular flexibility index (Phi) is 4.91. The minimum Gasteiger partial charge on any atom is -0.295 e. The maximum Gasteiger partial charge on any atom is 0.155 e. The Morgan fingerprint density at radius 1 is 1.40 bits per heavy atom. The van der Waals surface area contributed by atoms with Crippen LogP contribution in [0.3, 0.4) is 0 Å². The molecule has 0 saturated carbocycles. The van der Waals surface area contributed by atoms with Crippen LogP contribution in [-0.4, -0.2) is 5.78 Å². The zero-order chi connectivity index (χ0) is 7.98. The number of carbonyl (C=O) groups is 1. The van der Waals surface area contributed by atoms with E-state index in [9.17, 15) is 4.79 Å². The van der Waals surface area contributed by atoms with Crippen LogP contribution in [0.4, 0.5) is 0 Å². The number of hydrogen-bond donors (Lipinski definition) is 0. The van der Waals surface area contributed by atoms with E-state index in [0.717, 1.165) is 24.8 Å². The molecule has 0 amide bonds. The highest BCUT2D eigenvalue weighted by Gasteiger charge is 1.97. The van der Waals surface area contributed by atoms with Crippen molar-refractivity contribution in [2.45, 2.75) is 40.0 Å². The van der Waals surface area contributed by atoms with Crippen LogP contribution in [0.15, 0.2) is 11.6 Å². The second-order valence-electron chi connectivity index (χ2n) is 2.43. The number of allylic oxidation sites excluding steroid dienone is 2. The van der Waals surface area contributed by atoms with Crippen molar-refractivity contribution < 1.29 is 4.79 Å². The molecule has 0 saturated heterocycles. The average Bonchev–Trinajstić information content (AvgIpc) is 1.89. The predicted octanol–water partition coefficient (Wildman–Crippen LogP) is 2.71. The number of carbonyl (C=O) groups excluding carboxylic acids is 1. The van der Waals surface area contributed by atoms with Crippen molar-refractivity contribution in [2.24, 2.45) is 0 Å². The topological polar surface area (TPSA) is 17.1 Å². The van der Waals surface area contributed by atoms with E-state index in [1.165, 1.54) is 0 Å². The van der Waals surface area contributed by atoms with E-state index in [0.29, 0.717) is 0 Å². The molecule has 0 fully saturated rings. The lowest BCUT2D eigenvalue weighted by molar-refractivity contribution is -0.113. The van der Waals surface area contributed by atoms with Crippen LogP contribution < -0.4 is 0 Å². The van der Waals surface area contributed by atoms with E-state index in [1.807, 2.05) is 13.0 Å². The number of Topliss-reactive ketones (excluding diaryl/α,β-unsaturated/α-hetero) is 1. The zero-order valence-electron chi connectivity index (χ0n) is 7.11. The summed E-state index contributed by atoms with van der Waals surface area (Å²) in [5.41, 5.74) is 0.974. The number of rotatable bonds is 4. The fraction of sp³-hybridized carbons (Fsp3) is 0.667. The average molecular weight is 140 g/mol. The standard InChI is InChI=1S/C9H16O/c1-4-6-7-9(5-2)8(3)10/h7H,4-6H2,1-3H3/b9-7+. The van der Waals surface area contributed by atoms with Gasteiger partial charge in [-0.2, -0.15) is 0 Å². The molecule has 0 aromatic rings. The van der Waals surface area contributed by atoms with Gasteiger partial charge in [-0.1, -0.05) is 26.3 Å². The number of hydrogen-bond acceptors (Lipinski definition) is 1. The van der Waals surface area contributed by atoms with E-state index >= 15 is 0 Å². The smallest absolute Gasteiger partial charge is 0.155 e. The molecule has 58 valence electrons. The lowest BCUT2D eigenvalue weighted by Crippen LogP contribution is -1.94. The molecule has 0 aliphatic rings. The van der Waals surface area contributed by atoms with Crippen LogP contribution in [0.25, 0.3) is 0 Å². The summed E-state index contributed by atoms with van der Waals surface area (Å²) in [6, 6.07) is 0. The Balaban J connectivity index is 3.91. The Bertz CT molecular complexity index is 134. The summed E-state index contributed by atoms with van der Waals surface area (Å²) in [5.74, 6) is 0.218. The normalized spacial score (nSPS) is 11.7. The zero-order valence-corrected chi connectivity index (χ0v) is 7.11. The highest BCUT2D eigenvalue weighted by molar-refractivity contribution is 5.93. The molecule has 0 spiro atoms. The van der Waals surface area contributed by atoms with E-state index in [4.69, 9.17) is 0 Å². The summed E-state index contributed by atoms with van der Waals surface area (Å²) in [4.78, 5) is 10.8. The van der Waals surface area contributed by atoms with Crippen molar-refractivity contribution in [2.75, 3.05) is 0 Å². The van der Waals surface area contributed by atoms with E-state index < -0.39 is 0 Å². The van der Waals surface area contributed by atoms with Crippen molar-refractivity contribution in [1.29, 1.82) is 0 Å².